The van der Waals surface area contributed by atoms with Gasteiger partial charge in [-0.2, -0.15) is 0 Å². The third-order valence-electron chi connectivity index (χ3n) is 2.14. The summed E-state index contributed by atoms with van der Waals surface area (Å²) >= 11 is 3.14. The summed E-state index contributed by atoms with van der Waals surface area (Å²) in [6, 6.07) is 6.12. The molecule has 0 saturated heterocycles. The molecule has 0 fully saturated rings. The van der Waals surface area contributed by atoms with Crippen molar-refractivity contribution in [1.82, 2.24) is 10.2 Å². The third-order valence-corrected chi connectivity index (χ3v) is 2.42. The van der Waals surface area contributed by atoms with Crippen LogP contribution in [0.4, 0.5) is 9.18 Å². The Labute approximate surface area is 108 Å². The van der Waals surface area contributed by atoms with Crippen LogP contribution in [0.25, 0.3) is 0 Å². The van der Waals surface area contributed by atoms with Crippen molar-refractivity contribution >= 4 is 22.0 Å². The van der Waals surface area contributed by atoms with Gasteiger partial charge in [0.15, 0.2) is 0 Å². The molecule has 0 atom stereocenters. The normalized spacial score (nSPS) is 9.82. The average molecular weight is 301 g/mol. The maximum atomic E-state index is 13.3. The lowest BCUT2D eigenvalue weighted by Crippen LogP contribution is -2.37. The van der Waals surface area contributed by atoms with Gasteiger partial charge in [0.2, 0.25) is 0 Å². The molecule has 0 bridgehead atoms. The predicted molar refractivity (Wildman–Crippen MR) is 69.3 cm³/mol. The molecular weight excluding hydrogens is 287 g/mol. The molecule has 0 aliphatic rings. The number of benzene rings is 1. The van der Waals surface area contributed by atoms with E-state index < -0.39 is 0 Å². The summed E-state index contributed by atoms with van der Waals surface area (Å²) in [5.41, 5.74) is 0.489. The molecule has 1 N–H and O–H groups in total. The second-order valence-corrected chi connectivity index (χ2v) is 4.74. The Morgan fingerprint density at radius 2 is 2.18 bits per heavy atom. The molecule has 0 saturated carbocycles. The zero-order valence-corrected chi connectivity index (χ0v) is 11.1. The van der Waals surface area contributed by atoms with E-state index in [4.69, 9.17) is 0 Å². The van der Waals surface area contributed by atoms with Crippen LogP contribution in [0.1, 0.15) is 5.56 Å². The molecular formula is C12H14BrFN2O. The fourth-order valence-corrected chi connectivity index (χ4v) is 1.40. The third kappa shape index (κ3) is 4.56. The summed E-state index contributed by atoms with van der Waals surface area (Å²) in [5, 5.41) is 2.64. The van der Waals surface area contributed by atoms with E-state index in [0.717, 1.165) is 0 Å². The number of halogens is 2. The molecule has 0 unspecified atom stereocenters. The molecule has 0 heterocycles. The van der Waals surface area contributed by atoms with Crippen LogP contribution in [0.3, 0.4) is 0 Å². The van der Waals surface area contributed by atoms with Crippen molar-refractivity contribution in [3.63, 3.8) is 0 Å². The van der Waals surface area contributed by atoms with Gasteiger partial charge in [-0.3, -0.25) is 0 Å². The van der Waals surface area contributed by atoms with Crippen molar-refractivity contribution < 1.29 is 9.18 Å². The molecule has 92 valence electrons. The highest BCUT2D eigenvalue weighted by atomic mass is 79.9. The van der Waals surface area contributed by atoms with Crippen molar-refractivity contribution in [3.05, 3.63) is 46.7 Å². The van der Waals surface area contributed by atoms with Crippen LogP contribution >= 0.6 is 15.9 Å². The number of amides is 2. The number of hydrogen-bond donors (Lipinski definition) is 1. The number of carbonyl (C=O) groups excluding carboxylic acids is 1. The zero-order valence-electron chi connectivity index (χ0n) is 9.54. The molecule has 5 heteroatoms. The first-order chi connectivity index (χ1) is 8.00. The zero-order chi connectivity index (χ0) is 12.8. The molecule has 1 rings (SSSR count). The van der Waals surface area contributed by atoms with Crippen LogP contribution < -0.4 is 5.32 Å². The SMILES string of the molecule is C=C(Br)CNC(=O)N(C)Cc1ccccc1F. The first-order valence-electron chi connectivity index (χ1n) is 5.06. The van der Waals surface area contributed by atoms with Gasteiger partial charge < -0.3 is 10.2 Å². The standard InChI is InChI=1S/C12H14BrFN2O/c1-9(13)7-15-12(17)16(2)8-10-5-3-4-6-11(10)14/h3-6H,1,7-8H2,2H3,(H,15,17). The van der Waals surface area contributed by atoms with Gasteiger partial charge in [0, 0.05) is 23.6 Å². The topological polar surface area (TPSA) is 32.3 Å². The van der Waals surface area contributed by atoms with Gasteiger partial charge in [0.05, 0.1) is 6.54 Å². The molecule has 3 nitrogen and oxygen atoms in total. The lowest BCUT2D eigenvalue weighted by atomic mass is 10.2. The molecule has 0 aliphatic carbocycles. The smallest absolute Gasteiger partial charge is 0.317 e. The van der Waals surface area contributed by atoms with Gasteiger partial charge in [-0.25, -0.2) is 9.18 Å². The van der Waals surface area contributed by atoms with Gasteiger partial charge in [-0.05, 0) is 6.07 Å². The largest absolute Gasteiger partial charge is 0.333 e. The summed E-state index contributed by atoms with van der Waals surface area (Å²) < 4.78 is 14.0. The predicted octanol–water partition coefficient (Wildman–Crippen LogP) is 2.88. The van der Waals surface area contributed by atoms with E-state index in [2.05, 4.69) is 27.8 Å². The van der Waals surface area contributed by atoms with Crippen molar-refractivity contribution in [1.29, 1.82) is 0 Å². The van der Waals surface area contributed by atoms with Crippen LogP contribution in [0.15, 0.2) is 35.3 Å². The van der Waals surface area contributed by atoms with Crippen molar-refractivity contribution in [2.24, 2.45) is 0 Å². The van der Waals surface area contributed by atoms with E-state index in [-0.39, 0.29) is 18.4 Å². The maximum Gasteiger partial charge on any atom is 0.317 e. The van der Waals surface area contributed by atoms with Gasteiger partial charge in [-0.1, -0.05) is 40.7 Å². The van der Waals surface area contributed by atoms with Crippen molar-refractivity contribution in [2.75, 3.05) is 13.6 Å². The van der Waals surface area contributed by atoms with E-state index in [0.29, 0.717) is 16.6 Å². The summed E-state index contributed by atoms with van der Waals surface area (Å²) in [6.45, 7) is 4.19. The first kappa shape index (κ1) is 13.7. The molecule has 1 aromatic rings. The highest BCUT2D eigenvalue weighted by Gasteiger charge is 2.10. The van der Waals surface area contributed by atoms with E-state index in [1.165, 1.54) is 11.0 Å². The second kappa shape index (κ2) is 6.39. The Morgan fingerprint density at radius 3 is 2.76 bits per heavy atom. The Kier molecular flexibility index (Phi) is 5.15. The number of hydrogen-bond acceptors (Lipinski definition) is 1. The van der Waals surface area contributed by atoms with Gasteiger partial charge in [0.1, 0.15) is 5.82 Å². The Bertz CT molecular complexity index is 423. The minimum absolute atomic E-state index is 0.229. The molecule has 0 aliphatic heterocycles. The fourth-order valence-electron chi connectivity index (χ4n) is 1.26. The molecule has 1 aromatic carbocycles. The van der Waals surface area contributed by atoms with Crippen LogP contribution in [-0.2, 0) is 6.54 Å². The lowest BCUT2D eigenvalue weighted by Gasteiger charge is -2.18. The van der Waals surface area contributed by atoms with E-state index in [1.54, 1.807) is 25.2 Å². The summed E-state index contributed by atoms with van der Waals surface area (Å²) in [5.74, 6) is -0.308. The van der Waals surface area contributed by atoms with Crippen molar-refractivity contribution in [2.45, 2.75) is 6.54 Å². The Morgan fingerprint density at radius 1 is 1.53 bits per heavy atom. The number of carbonyl (C=O) groups is 1. The van der Waals surface area contributed by atoms with E-state index in [1.807, 2.05) is 0 Å². The van der Waals surface area contributed by atoms with Gasteiger partial charge in [0.25, 0.3) is 0 Å². The van der Waals surface area contributed by atoms with Crippen LogP contribution in [-0.4, -0.2) is 24.5 Å². The van der Waals surface area contributed by atoms with Crippen LogP contribution in [0.2, 0.25) is 0 Å². The van der Waals surface area contributed by atoms with Crippen LogP contribution in [0.5, 0.6) is 0 Å². The number of rotatable bonds is 4. The van der Waals surface area contributed by atoms with Crippen LogP contribution in [0, 0.1) is 5.82 Å². The van der Waals surface area contributed by atoms with Gasteiger partial charge >= 0.3 is 6.03 Å². The number of nitrogens with one attached hydrogen (secondary N) is 1. The summed E-state index contributed by atoms with van der Waals surface area (Å²) in [4.78, 5) is 13.0. The highest BCUT2D eigenvalue weighted by Crippen LogP contribution is 2.08. The van der Waals surface area contributed by atoms with E-state index in [9.17, 15) is 9.18 Å². The fraction of sp³-hybridized carbons (Fsp3) is 0.250. The number of urea groups is 1. The molecule has 2 amide bonds. The maximum absolute atomic E-state index is 13.3. The Hall–Kier alpha value is -1.36. The monoisotopic (exact) mass is 300 g/mol. The summed E-state index contributed by atoms with van der Waals surface area (Å²) in [7, 11) is 1.61. The number of nitrogens with zero attached hydrogens (tertiary/aromatic N) is 1. The molecule has 0 spiro atoms. The van der Waals surface area contributed by atoms with Crippen molar-refractivity contribution in [3.8, 4) is 0 Å². The first-order valence-corrected chi connectivity index (χ1v) is 5.85. The average Bonchev–Trinajstić information content (AvgIpc) is 2.28. The van der Waals surface area contributed by atoms with Gasteiger partial charge in [-0.15, -0.1) is 0 Å². The highest BCUT2D eigenvalue weighted by molar-refractivity contribution is 9.11. The molecule has 0 aromatic heterocycles. The summed E-state index contributed by atoms with van der Waals surface area (Å²) in [6.07, 6.45) is 0. The molecule has 17 heavy (non-hydrogen) atoms. The van der Waals surface area contributed by atoms with E-state index >= 15 is 0 Å². The minimum atomic E-state index is -0.308. The minimum Gasteiger partial charge on any atom is -0.333 e. The second-order valence-electron chi connectivity index (χ2n) is 3.62. The quantitative estimate of drug-likeness (QED) is 0.911. The lowest BCUT2D eigenvalue weighted by molar-refractivity contribution is 0.207. The molecule has 0 radical (unpaired) electrons. The Balaban J connectivity index is 2.54.